The van der Waals surface area contributed by atoms with Crippen molar-refractivity contribution in [1.82, 2.24) is 5.32 Å². The van der Waals surface area contributed by atoms with E-state index in [0.29, 0.717) is 17.0 Å². The van der Waals surface area contributed by atoms with Crippen LogP contribution in [0.4, 0.5) is 5.69 Å². The molecule has 0 saturated carbocycles. The summed E-state index contributed by atoms with van der Waals surface area (Å²) in [6.07, 6.45) is 5.84. The first-order valence-electron chi connectivity index (χ1n) is 7.32. The van der Waals surface area contributed by atoms with Gasteiger partial charge in [0.05, 0.1) is 12.7 Å². The molecule has 0 heterocycles. The van der Waals surface area contributed by atoms with Gasteiger partial charge in [-0.25, -0.2) is 0 Å². The van der Waals surface area contributed by atoms with Crippen LogP contribution >= 0.6 is 0 Å². The topological polar surface area (TPSA) is 64.4 Å². The van der Waals surface area contributed by atoms with Crippen molar-refractivity contribution in [3.05, 3.63) is 23.8 Å². The number of methoxy groups -OCH3 is 1. The highest BCUT2D eigenvalue weighted by Crippen LogP contribution is 2.21. The molecule has 1 aromatic carbocycles. The molecule has 1 atom stereocenters. The second-order valence-corrected chi connectivity index (χ2v) is 5.18. The van der Waals surface area contributed by atoms with E-state index < -0.39 is 0 Å². The first kappa shape index (κ1) is 16.3. The molecule has 1 amide bonds. The molecule has 1 aromatic rings. The van der Waals surface area contributed by atoms with Gasteiger partial charge in [0.2, 0.25) is 0 Å². The highest BCUT2D eigenvalue weighted by atomic mass is 16.5. The van der Waals surface area contributed by atoms with Gasteiger partial charge in [0.1, 0.15) is 5.75 Å². The van der Waals surface area contributed by atoms with Gasteiger partial charge in [-0.3, -0.25) is 4.79 Å². The van der Waals surface area contributed by atoms with Crippen LogP contribution in [0.2, 0.25) is 0 Å². The first-order chi connectivity index (χ1) is 9.58. The number of carbonyl (C=O) groups is 1. The summed E-state index contributed by atoms with van der Waals surface area (Å²) in [5, 5.41) is 3.00. The van der Waals surface area contributed by atoms with Crippen LogP contribution in [0, 0.1) is 0 Å². The van der Waals surface area contributed by atoms with E-state index in [1.807, 2.05) is 6.92 Å². The van der Waals surface area contributed by atoms with Gasteiger partial charge in [-0.05, 0) is 31.5 Å². The largest absolute Gasteiger partial charge is 0.496 e. The summed E-state index contributed by atoms with van der Waals surface area (Å²) >= 11 is 0. The molecule has 3 N–H and O–H groups in total. The van der Waals surface area contributed by atoms with Crippen LogP contribution in [0.15, 0.2) is 18.2 Å². The third-order valence-corrected chi connectivity index (χ3v) is 3.34. The van der Waals surface area contributed by atoms with Gasteiger partial charge in [0, 0.05) is 11.7 Å². The summed E-state index contributed by atoms with van der Waals surface area (Å²) < 4.78 is 5.20. The highest BCUT2D eigenvalue weighted by Gasteiger charge is 2.14. The zero-order chi connectivity index (χ0) is 15.0. The zero-order valence-corrected chi connectivity index (χ0v) is 12.7. The smallest absolute Gasteiger partial charge is 0.255 e. The molecular weight excluding hydrogens is 252 g/mol. The number of amides is 1. The lowest BCUT2D eigenvalue weighted by atomic mass is 10.1. The highest BCUT2D eigenvalue weighted by molar-refractivity contribution is 5.98. The second-order valence-electron chi connectivity index (χ2n) is 5.18. The fourth-order valence-corrected chi connectivity index (χ4v) is 2.15. The SMILES string of the molecule is CCCCCCC(C)NC(=O)c1cc(N)ccc1OC. The molecule has 1 rings (SSSR count). The minimum Gasteiger partial charge on any atom is -0.496 e. The summed E-state index contributed by atoms with van der Waals surface area (Å²) in [4.78, 5) is 12.2. The molecule has 4 nitrogen and oxygen atoms in total. The molecular formula is C16H26N2O2. The number of hydrogen-bond acceptors (Lipinski definition) is 3. The lowest BCUT2D eigenvalue weighted by molar-refractivity contribution is 0.0935. The van der Waals surface area contributed by atoms with E-state index in [-0.39, 0.29) is 11.9 Å². The number of carbonyl (C=O) groups excluding carboxylic acids is 1. The van der Waals surface area contributed by atoms with Crippen molar-refractivity contribution in [2.45, 2.75) is 52.0 Å². The molecule has 0 aromatic heterocycles. The van der Waals surface area contributed by atoms with Gasteiger partial charge in [0.25, 0.3) is 5.91 Å². The molecule has 0 fully saturated rings. The Morgan fingerprint density at radius 1 is 1.35 bits per heavy atom. The molecule has 20 heavy (non-hydrogen) atoms. The Bertz CT molecular complexity index is 432. The van der Waals surface area contributed by atoms with E-state index in [9.17, 15) is 4.79 Å². The summed E-state index contributed by atoms with van der Waals surface area (Å²) in [6.45, 7) is 4.22. The molecule has 4 heteroatoms. The van der Waals surface area contributed by atoms with E-state index >= 15 is 0 Å². The van der Waals surface area contributed by atoms with Crippen LogP contribution < -0.4 is 15.8 Å². The van der Waals surface area contributed by atoms with Crippen molar-refractivity contribution in [1.29, 1.82) is 0 Å². The molecule has 0 aliphatic rings. The van der Waals surface area contributed by atoms with Gasteiger partial charge >= 0.3 is 0 Å². The fourth-order valence-electron chi connectivity index (χ4n) is 2.15. The fraction of sp³-hybridized carbons (Fsp3) is 0.562. The number of unbranched alkanes of at least 4 members (excludes halogenated alkanes) is 3. The second kappa shape index (κ2) is 8.46. The van der Waals surface area contributed by atoms with Crippen LogP contribution in [0.5, 0.6) is 5.75 Å². The van der Waals surface area contributed by atoms with E-state index in [4.69, 9.17) is 10.5 Å². The molecule has 0 spiro atoms. The molecule has 0 aliphatic carbocycles. The Morgan fingerprint density at radius 3 is 2.75 bits per heavy atom. The van der Waals surface area contributed by atoms with Crippen molar-refractivity contribution in [3.63, 3.8) is 0 Å². The Hall–Kier alpha value is -1.71. The Kier molecular flexibility index (Phi) is 6.91. The van der Waals surface area contributed by atoms with E-state index in [0.717, 1.165) is 12.8 Å². The van der Waals surface area contributed by atoms with Gasteiger partial charge in [-0.1, -0.05) is 32.6 Å². The number of rotatable bonds is 8. The molecule has 0 radical (unpaired) electrons. The van der Waals surface area contributed by atoms with Crippen molar-refractivity contribution >= 4 is 11.6 Å². The van der Waals surface area contributed by atoms with Crippen LogP contribution in [0.3, 0.4) is 0 Å². The van der Waals surface area contributed by atoms with Crippen LogP contribution in [0.25, 0.3) is 0 Å². The maximum absolute atomic E-state index is 12.2. The van der Waals surface area contributed by atoms with Crippen LogP contribution in [-0.4, -0.2) is 19.1 Å². The van der Waals surface area contributed by atoms with Gasteiger partial charge < -0.3 is 15.8 Å². The molecule has 0 bridgehead atoms. The summed E-state index contributed by atoms with van der Waals surface area (Å²) in [6, 6.07) is 5.25. The summed E-state index contributed by atoms with van der Waals surface area (Å²) in [7, 11) is 1.55. The average Bonchev–Trinajstić information content (AvgIpc) is 2.43. The predicted octanol–water partition coefficient (Wildman–Crippen LogP) is 3.37. The summed E-state index contributed by atoms with van der Waals surface area (Å²) in [5.74, 6) is 0.423. The number of hydrogen-bond donors (Lipinski definition) is 2. The Labute approximate surface area is 121 Å². The zero-order valence-electron chi connectivity index (χ0n) is 12.7. The lowest BCUT2D eigenvalue weighted by Gasteiger charge is -2.15. The standard InChI is InChI=1S/C16H26N2O2/c1-4-5-6-7-8-12(2)18-16(19)14-11-13(17)9-10-15(14)20-3/h9-12H,4-8,17H2,1-3H3,(H,18,19). The molecule has 0 saturated heterocycles. The minimum atomic E-state index is -0.128. The molecule has 112 valence electrons. The van der Waals surface area contributed by atoms with Gasteiger partial charge in [0.15, 0.2) is 0 Å². The summed E-state index contributed by atoms with van der Waals surface area (Å²) in [5.41, 5.74) is 6.78. The van der Waals surface area contributed by atoms with Crippen molar-refractivity contribution in [3.8, 4) is 5.75 Å². The number of nitrogens with one attached hydrogen (secondary N) is 1. The number of ether oxygens (including phenoxy) is 1. The lowest BCUT2D eigenvalue weighted by Crippen LogP contribution is -2.32. The maximum Gasteiger partial charge on any atom is 0.255 e. The number of nitrogen functional groups attached to an aromatic ring is 1. The van der Waals surface area contributed by atoms with Gasteiger partial charge in [-0.15, -0.1) is 0 Å². The number of anilines is 1. The maximum atomic E-state index is 12.2. The van der Waals surface area contributed by atoms with Crippen molar-refractivity contribution < 1.29 is 9.53 Å². The van der Waals surface area contributed by atoms with Gasteiger partial charge in [-0.2, -0.15) is 0 Å². The van der Waals surface area contributed by atoms with Crippen LogP contribution in [-0.2, 0) is 0 Å². The quantitative estimate of drug-likeness (QED) is 0.566. The molecule has 1 unspecified atom stereocenters. The van der Waals surface area contributed by atoms with Crippen molar-refractivity contribution in [2.75, 3.05) is 12.8 Å². The predicted molar refractivity (Wildman–Crippen MR) is 83.1 cm³/mol. The van der Waals surface area contributed by atoms with Crippen LogP contribution in [0.1, 0.15) is 56.3 Å². The van der Waals surface area contributed by atoms with E-state index in [1.54, 1.807) is 25.3 Å². The third kappa shape index (κ3) is 5.11. The Morgan fingerprint density at radius 2 is 2.10 bits per heavy atom. The normalized spacial score (nSPS) is 11.9. The number of benzene rings is 1. The monoisotopic (exact) mass is 278 g/mol. The number of nitrogens with two attached hydrogens (primary N) is 1. The Balaban J connectivity index is 2.55. The molecule has 0 aliphatic heterocycles. The van der Waals surface area contributed by atoms with E-state index in [1.165, 1.54) is 19.3 Å². The van der Waals surface area contributed by atoms with Crippen molar-refractivity contribution in [2.24, 2.45) is 0 Å². The third-order valence-electron chi connectivity index (χ3n) is 3.34. The minimum absolute atomic E-state index is 0.128. The first-order valence-corrected chi connectivity index (χ1v) is 7.32. The van der Waals surface area contributed by atoms with E-state index in [2.05, 4.69) is 12.2 Å². The average molecular weight is 278 g/mol.